The first kappa shape index (κ1) is 25.8. The average molecular weight is 547 g/mol. The van der Waals surface area contributed by atoms with E-state index in [-0.39, 0.29) is 35.6 Å². The number of phenolic OH excluding ortho intramolecular Hbond substituents is 1. The number of guanidine groups is 1. The molecule has 9 heteroatoms. The van der Waals surface area contributed by atoms with Crippen LogP contribution in [0.1, 0.15) is 22.8 Å². The molecule has 0 saturated heterocycles. The Balaban J connectivity index is 0.00000450. The Morgan fingerprint density at radius 2 is 1.80 bits per heavy atom. The summed E-state index contributed by atoms with van der Waals surface area (Å²) in [6, 6.07) is 11.7. The van der Waals surface area contributed by atoms with Crippen LogP contribution in [0.15, 0.2) is 47.5 Å². The number of amides is 1. The van der Waals surface area contributed by atoms with Crippen molar-refractivity contribution in [3.63, 3.8) is 0 Å². The number of aromatic hydroxyl groups is 1. The molecule has 7 nitrogen and oxygen atoms in total. The number of rotatable bonds is 9. The summed E-state index contributed by atoms with van der Waals surface area (Å²) >= 11 is 6.26. The van der Waals surface area contributed by atoms with Crippen molar-refractivity contribution in [2.75, 3.05) is 33.3 Å². The van der Waals surface area contributed by atoms with Crippen LogP contribution in [0.4, 0.5) is 0 Å². The fraction of sp³-hybridized carbons (Fsp3) is 0.333. The van der Waals surface area contributed by atoms with Crippen LogP contribution in [0.5, 0.6) is 11.5 Å². The smallest absolute Gasteiger partial charge is 0.251 e. The van der Waals surface area contributed by atoms with Crippen molar-refractivity contribution in [1.29, 1.82) is 0 Å². The van der Waals surface area contributed by atoms with Crippen molar-refractivity contribution in [2.45, 2.75) is 13.3 Å². The van der Waals surface area contributed by atoms with E-state index in [1.165, 1.54) is 12.1 Å². The minimum absolute atomic E-state index is 0. The maximum Gasteiger partial charge on any atom is 0.251 e. The highest BCUT2D eigenvalue weighted by Crippen LogP contribution is 2.22. The quantitative estimate of drug-likeness (QED) is 0.168. The molecule has 30 heavy (non-hydrogen) atoms. The van der Waals surface area contributed by atoms with Gasteiger partial charge in [0.05, 0.1) is 7.11 Å². The van der Waals surface area contributed by atoms with E-state index in [0.29, 0.717) is 42.6 Å². The summed E-state index contributed by atoms with van der Waals surface area (Å²) in [6.07, 6.45) is 0.705. The first-order valence-electron chi connectivity index (χ1n) is 9.45. The Kier molecular flexibility index (Phi) is 12.0. The van der Waals surface area contributed by atoms with Gasteiger partial charge in [-0.05, 0) is 55.3 Å². The topological polar surface area (TPSA) is 95.0 Å². The maximum atomic E-state index is 12.0. The lowest BCUT2D eigenvalue weighted by Crippen LogP contribution is -2.41. The van der Waals surface area contributed by atoms with E-state index in [1.54, 1.807) is 25.3 Å². The molecule has 0 atom stereocenters. The zero-order chi connectivity index (χ0) is 21.1. The molecule has 4 N–H and O–H groups in total. The molecule has 2 aromatic rings. The number of hydrogen-bond donors (Lipinski definition) is 4. The van der Waals surface area contributed by atoms with Gasteiger partial charge in [0.25, 0.3) is 5.91 Å². The van der Waals surface area contributed by atoms with Crippen LogP contribution in [-0.2, 0) is 6.42 Å². The standard InChI is InChI=1S/C21H27ClN4O3.HI/c1-3-23-21(25-11-10-15-6-9-18(29-2)14-19(15)22)26-13-12-24-20(28)16-4-7-17(27)8-5-16;/h4-9,14,27H,3,10-13H2,1-2H3,(H,24,28)(H2,23,25,26);1H. The zero-order valence-corrected chi connectivity index (χ0v) is 20.2. The molecule has 2 rings (SSSR count). The van der Waals surface area contributed by atoms with Gasteiger partial charge in [0, 0.05) is 36.8 Å². The largest absolute Gasteiger partial charge is 0.508 e. The number of nitrogens with one attached hydrogen (secondary N) is 3. The molecule has 0 unspecified atom stereocenters. The van der Waals surface area contributed by atoms with Gasteiger partial charge in [-0.3, -0.25) is 9.79 Å². The van der Waals surface area contributed by atoms with Crippen molar-refractivity contribution in [1.82, 2.24) is 16.0 Å². The molecular formula is C21H28ClIN4O3. The summed E-state index contributed by atoms with van der Waals surface area (Å²) in [4.78, 5) is 16.6. The number of carbonyl (C=O) groups excluding carboxylic acids is 1. The molecule has 0 radical (unpaired) electrons. The second-order valence-corrected chi connectivity index (χ2v) is 6.60. The molecular weight excluding hydrogens is 519 g/mol. The minimum atomic E-state index is -0.192. The monoisotopic (exact) mass is 546 g/mol. The Hall–Kier alpha value is -2.20. The molecule has 0 spiro atoms. The lowest BCUT2D eigenvalue weighted by molar-refractivity contribution is 0.0954. The second-order valence-electron chi connectivity index (χ2n) is 6.20. The number of phenols is 1. The number of nitrogens with zero attached hydrogens (tertiary/aromatic N) is 1. The third-order valence-electron chi connectivity index (χ3n) is 4.09. The van der Waals surface area contributed by atoms with Crippen LogP contribution < -0.4 is 20.7 Å². The summed E-state index contributed by atoms with van der Waals surface area (Å²) in [6.45, 7) is 4.26. The number of benzene rings is 2. The predicted octanol–water partition coefficient (Wildman–Crippen LogP) is 3.20. The van der Waals surface area contributed by atoms with Gasteiger partial charge in [0.1, 0.15) is 11.5 Å². The lowest BCUT2D eigenvalue weighted by Gasteiger charge is -2.12. The SMILES string of the molecule is CCNC(=NCCc1ccc(OC)cc1Cl)NCCNC(=O)c1ccc(O)cc1.I. The fourth-order valence-corrected chi connectivity index (χ4v) is 2.82. The molecule has 0 aliphatic heterocycles. The summed E-state index contributed by atoms with van der Waals surface area (Å²) in [5.74, 6) is 1.34. The van der Waals surface area contributed by atoms with Gasteiger partial charge < -0.3 is 25.8 Å². The number of carbonyl (C=O) groups is 1. The van der Waals surface area contributed by atoms with E-state index in [1.807, 2.05) is 19.1 Å². The Morgan fingerprint density at radius 3 is 2.43 bits per heavy atom. The van der Waals surface area contributed by atoms with Gasteiger partial charge in [0.2, 0.25) is 0 Å². The van der Waals surface area contributed by atoms with Crippen molar-refractivity contribution < 1.29 is 14.6 Å². The Bertz CT molecular complexity index is 832. The van der Waals surface area contributed by atoms with Crippen LogP contribution in [0.3, 0.4) is 0 Å². The van der Waals surface area contributed by atoms with Gasteiger partial charge in [-0.15, -0.1) is 24.0 Å². The number of halogens is 2. The number of hydrogen-bond acceptors (Lipinski definition) is 4. The minimum Gasteiger partial charge on any atom is -0.508 e. The Morgan fingerprint density at radius 1 is 1.10 bits per heavy atom. The highest BCUT2D eigenvalue weighted by molar-refractivity contribution is 14.0. The first-order chi connectivity index (χ1) is 14.0. The second kappa shape index (κ2) is 13.9. The van der Waals surface area contributed by atoms with Crippen molar-refractivity contribution in [3.8, 4) is 11.5 Å². The molecule has 0 fully saturated rings. The predicted molar refractivity (Wildman–Crippen MR) is 132 cm³/mol. The van der Waals surface area contributed by atoms with E-state index in [9.17, 15) is 9.90 Å². The molecule has 0 aliphatic carbocycles. The Labute approximate surface area is 199 Å². The molecule has 0 aromatic heterocycles. The summed E-state index contributed by atoms with van der Waals surface area (Å²) in [5.41, 5.74) is 1.51. The van der Waals surface area contributed by atoms with Crippen molar-refractivity contribution in [2.24, 2.45) is 4.99 Å². The highest BCUT2D eigenvalue weighted by Gasteiger charge is 2.05. The van der Waals surface area contributed by atoms with E-state index < -0.39 is 0 Å². The molecule has 2 aromatic carbocycles. The van der Waals surface area contributed by atoms with Crippen LogP contribution in [0, 0.1) is 0 Å². The van der Waals surface area contributed by atoms with Crippen LogP contribution in [0.2, 0.25) is 5.02 Å². The molecule has 164 valence electrons. The van der Waals surface area contributed by atoms with Gasteiger partial charge in [-0.2, -0.15) is 0 Å². The van der Waals surface area contributed by atoms with Crippen LogP contribution in [0.25, 0.3) is 0 Å². The molecule has 0 bridgehead atoms. The van der Waals surface area contributed by atoms with Crippen LogP contribution >= 0.6 is 35.6 Å². The van der Waals surface area contributed by atoms with E-state index in [2.05, 4.69) is 20.9 Å². The average Bonchev–Trinajstić information content (AvgIpc) is 2.72. The number of aliphatic imine (C=N–C) groups is 1. The van der Waals surface area contributed by atoms with Crippen molar-refractivity contribution in [3.05, 3.63) is 58.6 Å². The lowest BCUT2D eigenvalue weighted by atomic mass is 10.1. The summed E-state index contributed by atoms with van der Waals surface area (Å²) < 4.78 is 5.16. The fourth-order valence-electron chi connectivity index (χ4n) is 2.56. The first-order valence-corrected chi connectivity index (χ1v) is 9.83. The van der Waals surface area contributed by atoms with E-state index in [4.69, 9.17) is 16.3 Å². The normalized spacial score (nSPS) is 10.7. The third-order valence-corrected chi connectivity index (χ3v) is 4.44. The summed E-state index contributed by atoms with van der Waals surface area (Å²) in [7, 11) is 1.61. The summed E-state index contributed by atoms with van der Waals surface area (Å²) in [5, 5.41) is 19.1. The van der Waals surface area contributed by atoms with E-state index >= 15 is 0 Å². The van der Waals surface area contributed by atoms with Gasteiger partial charge in [-0.1, -0.05) is 17.7 Å². The number of ether oxygens (including phenoxy) is 1. The molecule has 0 aliphatic rings. The van der Waals surface area contributed by atoms with Gasteiger partial charge in [-0.25, -0.2) is 0 Å². The zero-order valence-electron chi connectivity index (χ0n) is 17.1. The van der Waals surface area contributed by atoms with Crippen LogP contribution in [-0.4, -0.2) is 50.3 Å². The maximum absolute atomic E-state index is 12.0. The molecule has 1 amide bonds. The van der Waals surface area contributed by atoms with E-state index in [0.717, 1.165) is 17.9 Å². The highest BCUT2D eigenvalue weighted by atomic mass is 127. The van der Waals surface area contributed by atoms with Crippen molar-refractivity contribution >= 4 is 47.4 Å². The van der Waals surface area contributed by atoms with Gasteiger partial charge >= 0.3 is 0 Å². The molecule has 0 heterocycles. The number of methoxy groups -OCH3 is 1. The third kappa shape index (κ3) is 8.66. The molecule has 0 saturated carbocycles. The van der Waals surface area contributed by atoms with Gasteiger partial charge in [0.15, 0.2) is 5.96 Å².